The summed E-state index contributed by atoms with van der Waals surface area (Å²) >= 11 is 13.3. The van der Waals surface area contributed by atoms with E-state index in [4.69, 9.17) is 27.9 Å². The monoisotopic (exact) mass is 460 g/mol. The van der Waals surface area contributed by atoms with Crippen LogP contribution in [-0.2, 0) is 4.79 Å². The second-order valence-electron chi connectivity index (χ2n) is 6.17. The van der Waals surface area contributed by atoms with E-state index in [1.165, 1.54) is 17.8 Å². The van der Waals surface area contributed by atoms with Crippen LogP contribution in [0.25, 0.3) is 0 Å². The zero-order valence-electron chi connectivity index (χ0n) is 15.9. The molecule has 0 aliphatic carbocycles. The van der Waals surface area contributed by atoms with Gasteiger partial charge < -0.3 is 15.4 Å². The summed E-state index contributed by atoms with van der Waals surface area (Å²) in [6.07, 6.45) is 0. The van der Waals surface area contributed by atoms with E-state index >= 15 is 0 Å². The molecule has 0 fully saturated rings. The first-order valence-corrected chi connectivity index (χ1v) is 10.6. The molecule has 2 amide bonds. The summed E-state index contributed by atoms with van der Waals surface area (Å²) < 4.78 is 5.09. The molecule has 0 aliphatic heterocycles. The SMILES string of the molecule is COc1ccc(NC(=O)CSc2ccc(NC(=O)c3ccc(Cl)cc3Cl)cc2)cc1. The molecule has 5 nitrogen and oxygen atoms in total. The van der Waals surface area contributed by atoms with Gasteiger partial charge in [-0.25, -0.2) is 0 Å². The number of benzene rings is 3. The molecule has 0 atom stereocenters. The number of hydrogen-bond donors (Lipinski definition) is 2. The van der Waals surface area contributed by atoms with Gasteiger partial charge in [-0.05, 0) is 66.7 Å². The summed E-state index contributed by atoms with van der Waals surface area (Å²) in [6.45, 7) is 0. The van der Waals surface area contributed by atoms with Gasteiger partial charge in [0.05, 0.1) is 23.4 Å². The first kappa shape index (κ1) is 22.0. The van der Waals surface area contributed by atoms with Crippen LogP contribution in [0.2, 0.25) is 10.0 Å². The van der Waals surface area contributed by atoms with E-state index in [1.807, 2.05) is 12.1 Å². The van der Waals surface area contributed by atoms with Crippen molar-refractivity contribution in [2.75, 3.05) is 23.5 Å². The molecule has 0 spiro atoms. The Morgan fingerprint density at radius 1 is 0.900 bits per heavy atom. The lowest BCUT2D eigenvalue weighted by Gasteiger charge is -2.09. The Labute approximate surface area is 188 Å². The zero-order valence-corrected chi connectivity index (χ0v) is 18.3. The normalized spacial score (nSPS) is 10.4. The molecule has 0 bridgehead atoms. The second kappa shape index (κ2) is 10.4. The average Bonchev–Trinajstić information content (AvgIpc) is 2.73. The van der Waals surface area contributed by atoms with Gasteiger partial charge in [-0.3, -0.25) is 9.59 Å². The van der Waals surface area contributed by atoms with Crippen LogP contribution in [0, 0.1) is 0 Å². The third-order valence-electron chi connectivity index (χ3n) is 4.03. The standard InChI is InChI=1S/C22H18Cl2N2O3S/c1-29-17-7-3-15(4-8-17)25-21(27)13-30-18-9-5-16(6-10-18)26-22(28)19-11-2-14(23)12-20(19)24/h2-12H,13H2,1H3,(H,25,27)(H,26,28). The summed E-state index contributed by atoms with van der Waals surface area (Å²) in [5.41, 5.74) is 1.67. The lowest BCUT2D eigenvalue weighted by molar-refractivity contribution is -0.113. The van der Waals surface area contributed by atoms with E-state index in [1.54, 1.807) is 55.6 Å². The fraction of sp³-hybridized carbons (Fsp3) is 0.0909. The number of methoxy groups -OCH3 is 1. The number of amides is 2. The van der Waals surface area contributed by atoms with Crippen LogP contribution in [0.5, 0.6) is 5.75 Å². The molecule has 0 unspecified atom stereocenters. The van der Waals surface area contributed by atoms with Crippen molar-refractivity contribution in [1.82, 2.24) is 0 Å². The van der Waals surface area contributed by atoms with Crippen LogP contribution in [-0.4, -0.2) is 24.7 Å². The largest absolute Gasteiger partial charge is 0.497 e. The van der Waals surface area contributed by atoms with Crippen molar-refractivity contribution in [3.8, 4) is 5.75 Å². The predicted molar refractivity (Wildman–Crippen MR) is 123 cm³/mol. The first-order valence-electron chi connectivity index (χ1n) is 8.88. The van der Waals surface area contributed by atoms with Crippen molar-refractivity contribution >= 4 is 58.2 Å². The molecule has 3 rings (SSSR count). The molecule has 30 heavy (non-hydrogen) atoms. The lowest BCUT2D eigenvalue weighted by Crippen LogP contribution is -2.14. The highest BCUT2D eigenvalue weighted by molar-refractivity contribution is 8.00. The highest BCUT2D eigenvalue weighted by Crippen LogP contribution is 2.24. The van der Waals surface area contributed by atoms with E-state index in [9.17, 15) is 9.59 Å². The molecule has 154 valence electrons. The maximum Gasteiger partial charge on any atom is 0.257 e. The Morgan fingerprint density at radius 2 is 1.53 bits per heavy atom. The van der Waals surface area contributed by atoms with E-state index < -0.39 is 0 Å². The van der Waals surface area contributed by atoms with Crippen LogP contribution < -0.4 is 15.4 Å². The third kappa shape index (κ3) is 6.16. The third-order valence-corrected chi connectivity index (χ3v) is 5.59. The Morgan fingerprint density at radius 3 is 2.17 bits per heavy atom. The van der Waals surface area contributed by atoms with Gasteiger partial charge in [-0.2, -0.15) is 0 Å². The van der Waals surface area contributed by atoms with Crippen LogP contribution in [0.4, 0.5) is 11.4 Å². The minimum absolute atomic E-state index is 0.111. The van der Waals surface area contributed by atoms with Gasteiger partial charge in [-0.1, -0.05) is 23.2 Å². The van der Waals surface area contributed by atoms with Crippen molar-refractivity contribution in [3.05, 3.63) is 82.3 Å². The zero-order chi connectivity index (χ0) is 21.5. The average molecular weight is 461 g/mol. The van der Waals surface area contributed by atoms with Crippen molar-refractivity contribution in [2.45, 2.75) is 4.90 Å². The van der Waals surface area contributed by atoms with Gasteiger partial charge in [0, 0.05) is 21.3 Å². The molecule has 2 N–H and O–H groups in total. The van der Waals surface area contributed by atoms with Crippen LogP contribution in [0.3, 0.4) is 0 Å². The number of nitrogens with one attached hydrogen (secondary N) is 2. The van der Waals surface area contributed by atoms with Crippen molar-refractivity contribution in [2.24, 2.45) is 0 Å². The number of halogens is 2. The molecule has 0 radical (unpaired) electrons. The summed E-state index contributed by atoms with van der Waals surface area (Å²) in [7, 11) is 1.59. The minimum Gasteiger partial charge on any atom is -0.497 e. The van der Waals surface area contributed by atoms with Gasteiger partial charge in [0.2, 0.25) is 5.91 Å². The molecule has 3 aromatic carbocycles. The fourth-order valence-corrected chi connectivity index (χ4v) is 3.72. The van der Waals surface area contributed by atoms with Gasteiger partial charge >= 0.3 is 0 Å². The lowest BCUT2D eigenvalue weighted by atomic mass is 10.2. The highest BCUT2D eigenvalue weighted by atomic mass is 35.5. The van der Waals surface area contributed by atoms with E-state index in [-0.39, 0.29) is 22.6 Å². The fourth-order valence-electron chi connectivity index (χ4n) is 2.53. The summed E-state index contributed by atoms with van der Waals surface area (Å²) in [5, 5.41) is 6.38. The first-order chi connectivity index (χ1) is 14.4. The molecule has 8 heteroatoms. The summed E-state index contributed by atoms with van der Waals surface area (Å²) in [5.74, 6) is 0.557. The highest BCUT2D eigenvalue weighted by Gasteiger charge is 2.11. The molecule has 0 heterocycles. The van der Waals surface area contributed by atoms with E-state index in [2.05, 4.69) is 10.6 Å². The molecule has 3 aromatic rings. The molecule has 0 aliphatic rings. The number of rotatable bonds is 7. The predicted octanol–water partition coefficient (Wildman–Crippen LogP) is 5.99. The quantitative estimate of drug-likeness (QED) is 0.425. The van der Waals surface area contributed by atoms with Crippen molar-refractivity contribution < 1.29 is 14.3 Å². The topological polar surface area (TPSA) is 67.4 Å². The van der Waals surface area contributed by atoms with Crippen molar-refractivity contribution in [3.63, 3.8) is 0 Å². The number of anilines is 2. The van der Waals surface area contributed by atoms with Gasteiger partial charge in [-0.15, -0.1) is 11.8 Å². The maximum atomic E-state index is 12.4. The molecular weight excluding hydrogens is 443 g/mol. The summed E-state index contributed by atoms with van der Waals surface area (Å²) in [4.78, 5) is 25.4. The number of carbonyl (C=O) groups excluding carboxylic acids is 2. The Kier molecular flexibility index (Phi) is 7.63. The minimum atomic E-state index is -0.323. The Hall–Kier alpha value is -2.67. The number of ether oxygens (including phenoxy) is 1. The second-order valence-corrected chi connectivity index (χ2v) is 8.06. The van der Waals surface area contributed by atoms with Gasteiger partial charge in [0.15, 0.2) is 0 Å². The molecule has 0 saturated heterocycles. The van der Waals surface area contributed by atoms with E-state index in [0.29, 0.717) is 22.0 Å². The number of carbonyl (C=O) groups is 2. The Balaban J connectivity index is 1.51. The molecular formula is C22H18Cl2N2O3S. The van der Waals surface area contributed by atoms with Crippen LogP contribution in [0.15, 0.2) is 71.6 Å². The Bertz CT molecular complexity index is 1040. The van der Waals surface area contributed by atoms with Crippen LogP contribution in [0.1, 0.15) is 10.4 Å². The number of thioether (sulfide) groups is 1. The molecule has 0 aromatic heterocycles. The summed E-state index contributed by atoms with van der Waals surface area (Å²) in [6, 6.07) is 19.1. The smallest absolute Gasteiger partial charge is 0.257 e. The van der Waals surface area contributed by atoms with Gasteiger partial charge in [0.1, 0.15) is 5.75 Å². The van der Waals surface area contributed by atoms with Crippen molar-refractivity contribution in [1.29, 1.82) is 0 Å². The van der Waals surface area contributed by atoms with E-state index in [0.717, 1.165) is 10.6 Å². The van der Waals surface area contributed by atoms with Gasteiger partial charge in [0.25, 0.3) is 5.91 Å². The van der Waals surface area contributed by atoms with Crippen LogP contribution >= 0.6 is 35.0 Å². The molecule has 0 saturated carbocycles. The number of hydrogen-bond acceptors (Lipinski definition) is 4. The maximum absolute atomic E-state index is 12.4.